The highest BCUT2D eigenvalue weighted by Gasteiger charge is 2.32. The molecule has 0 saturated carbocycles. The molecule has 0 aliphatic heterocycles. The summed E-state index contributed by atoms with van der Waals surface area (Å²) in [6.45, 7) is 5.26. The van der Waals surface area contributed by atoms with E-state index in [1.165, 1.54) is 11.0 Å². The first-order chi connectivity index (χ1) is 16.5. The van der Waals surface area contributed by atoms with Crippen LogP contribution in [0.1, 0.15) is 39.2 Å². The van der Waals surface area contributed by atoms with Crippen LogP contribution in [0.5, 0.6) is 5.75 Å². The average molecular weight is 524 g/mol. The molecule has 192 valence electrons. The third kappa shape index (κ3) is 7.86. The fourth-order valence-corrected chi connectivity index (χ4v) is 4.73. The molecule has 0 aliphatic carbocycles. The van der Waals surface area contributed by atoms with Gasteiger partial charge in [-0.15, -0.1) is 0 Å². The van der Waals surface area contributed by atoms with Crippen molar-refractivity contribution in [1.82, 2.24) is 10.2 Å². The van der Waals surface area contributed by atoms with Crippen LogP contribution in [0.3, 0.4) is 0 Å². The fourth-order valence-electron chi connectivity index (χ4n) is 3.58. The number of carbonyl (C=O) groups is 2. The highest BCUT2D eigenvalue weighted by molar-refractivity contribution is 7.92. The molecule has 0 aliphatic rings. The van der Waals surface area contributed by atoms with Crippen LogP contribution < -0.4 is 14.4 Å². The predicted octanol–water partition coefficient (Wildman–Crippen LogP) is 3.84. The molecule has 1 N–H and O–H groups in total. The maximum atomic E-state index is 13.7. The minimum absolute atomic E-state index is 0.0686. The van der Waals surface area contributed by atoms with Gasteiger partial charge < -0.3 is 15.0 Å². The number of methoxy groups -OCH3 is 1. The van der Waals surface area contributed by atoms with E-state index < -0.39 is 28.5 Å². The Bertz CT molecular complexity index is 1130. The minimum atomic E-state index is -3.85. The Morgan fingerprint density at radius 1 is 1.09 bits per heavy atom. The van der Waals surface area contributed by atoms with E-state index in [-0.39, 0.29) is 29.2 Å². The zero-order chi connectivity index (χ0) is 26.2. The Balaban J connectivity index is 2.47. The quantitative estimate of drug-likeness (QED) is 0.456. The summed E-state index contributed by atoms with van der Waals surface area (Å²) in [5.74, 6) is -0.202. The van der Waals surface area contributed by atoms with Crippen molar-refractivity contribution in [1.29, 1.82) is 0 Å². The molecule has 0 heterocycles. The SMILES string of the molecule is CC[C@@H](C)NC(=O)[C@H](CC)N(Cc1cccc(OC)c1)C(=O)CN(c1ccccc1Cl)S(C)(=O)=O. The van der Waals surface area contributed by atoms with Crippen molar-refractivity contribution in [2.45, 2.75) is 52.2 Å². The third-order valence-electron chi connectivity index (χ3n) is 5.67. The number of nitrogens with zero attached hydrogens (tertiary/aromatic N) is 2. The zero-order valence-corrected chi connectivity index (χ0v) is 22.4. The van der Waals surface area contributed by atoms with Gasteiger partial charge in [0.1, 0.15) is 18.3 Å². The van der Waals surface area contributed by atoms with E-state index in [4.69, 9.17) is 16.3 Å². The molecule has 2 amide bonds. The molecule has 10 heteroatoms. The number of benzene rings is 2. The molecule has 0 spiro atoms. The lowest BCUT2D eigenvalue weighted by Gasteiger charge is -2.33. The lowest BCUT2D eigenvalue weighted by Crippen LogP contribution is -2.53. The van der Waals surface area contributed by atoms with E-state index in [0.29, 0.717) is 12.2 Å². The topological polar surface area (TPSA) is 96.0 Å². The van der Waals surface area contributed by atoms with E-state index in [9.17, 15) is 18.0 Å². The monoisotopic (exact) mass is 523 g/mol. The lowest BCUT2D eigenvalue weighted by molar-refractivity contribution is -0.140. The van der Waals surface area contributed by atoms with E-state index >= 15 is 0 Å². The van der Waals surface area contributed by atoms with Crippen molar-refractivity contribution in [2.75, 3.05) is 24.2 Å². The van der Waals surface area contributed by atoms with Gasteiger partial charge in [0.05, 0.1) is 24.1 Å². The number of para-hydroxylation sites is 1. The summed E-state index contributed by atoms with van der Waals surface area (Å²) in [5, 5.41) is 3.14. The van der Waals surface area contributed by atoms with Crippen molar-refractivity contribution in [3.63, 3.8) is 0 Å². The van der Waals surface area contributed by atoms with Crippen molar-refractivity contribution >= 4 is 39.1 Å². The van der Waals surface area contributed by atoms with E-state index in [1.807, 2.05) is 26.8 Å². The maximum Gasteiger partial charge on any atom is 0.244 e. The highest BCUT2D eigenvalue weighted by Crippen LogP contribution is 2.27. The molecule has 0 aromatic heterocycles. The Morgan fingerprint density at radius 2 is 1.77 bits per heavy atom. The van der Waals surface area contributed by atoms with Gasteiger partial charge in [0, 0.05) is 12.6 Å². The van der Waals surface area contributed by atoms with Gasteiger partial charge in [-0.25, -0.2) is 8.42 Å². The number of nitrogens with one attached hydrogen (secondary N) is 1. The van der Waals surface area contributed by atoms with Gasteiger partial charge in [-0.2, -0.15) is 0 Å². The second kappa shape index (κ2) is 12.8. The summed E-state index contributed by atoms with van der Waals surface area (Å²) >= 11 is 6.26. The number of rotatable bonds is 12. The Kier molecular flexibility index (Phi) is 10.4. The second-order valence-electron chi connectivity index (χ2n) is 8.34. The number of halogens is 1. The molecule has 8 nitrogen and oxygen atoms in total. The van der Waals surface area contributed by atoms with Crippen LogP contribution in [-0.4, -0.2) is 57.1 Å². The summed E-state index contributed by atoms with van der Waals surface area (Å²) in [6.07, 6.45) is 2.10. The number of anilines is 1. The molecule has 2 aromatic rings. The standard InChI is InChI=1S/C25H34ClN3O5S/c1-6-18(3)27-25(31)22(7-2)28(16-19-11-10-12-20(15-19)34-4)24(30)17-29(35(5,32)33)23-14-9-8-13-21(23)26/h8-15,18,22H,6-7,16-17H2,1-5H3,(H,27,31)/t18-,22+/m1/s1. The molecule has 2 rings (SSSR count). The molecule has 0 bridgehead atoms. The molecule has 35 heavy (non-hydrogen) atoms. The van der Waals surface area contributed by atoms with Crippen LogP contribution >= 0.6 is 11.6 Å². The summed E-state index contributed by atoms with van der Waals surface area (Å²) in [4.78, 5) is 28.2. The lowest BCUT2D eigenvalue weighted by atomic mass is 10.1. The Morgan fingerprint density at radius 3 is 2.34 bits per heavy atom. The molecule has 0 saturated heterocycles. The minimum Gasteiger partial charge on any atom is -0.497 e. The van der Waals surface area contributed by atoms with E-state index in [0.717, 1.165) is 22.5 Å². The van der Waals surface area contributed by atoms with E-state index in [2.05, 4.69) is 5.32 Å². The highest BCUT2D eigenvalue weighted by atomic mass is 35.5. The number of hydrogen-bond acceptors (Lipinski definition) is 5. The van der Waals surface area contributed by atoms with Crippen LogP contribution in [0.4, 0.5) is 5.69 Å². The molecule has 2 atom stereocenters. The van der Waals surface area contributed by atoms with Crippen LogP contribution in [0, 0.1) is 0 Å². The molecule has 2 aromatic carbocycles. The normalized spacial score (nSPS) is 13.0. The number of amides is 2. The van der Waals surface area contributed by atoms with Crippen molar-refractivity contribution in [3.05, 3.63) is 59.1 Å². The smallest absolute Gasteiger partial charge is 0.244 e. The van der Waals surface area contributed by atoms with Gasteiger partial charge in [-0.1, -0.05) is 49.7 Å². The van der Waals surface area contributed by atoms with Crippen molar-refractivity contribution in [3.8, 4) is 5.75 Å². The average Bonchev–Trinajstić information content (AvgIpc) is 2.82. The first-order valence-electron chi connectivity index (χ1n) is 11.5. The Labute approximate surface area is 213 Å². The van der Waals surface area contributed by atoms with E-state index in [1.54, 1.807) is 43.5 Å². The summed E-state index contributed by atoms with van der Waals surface area (Å²) in [5.41, 5.74) is 0.944. The third-order valence-corrected chi connectivity index (χ3v) is 7.12. The first kappa shape index (κ1) is 28.5. The van der Waals surface area contributed by atoms with Crippen LogP contribution in [0.2, 0.25) is 5.02 Å². The summed E-state index contributed by atoms with van der Waals surface area (Å²) in [7, 11) is -2.30. The van der Waals surface area contributed by atoms with Crippen molar-refractivity contribution < 1.29 is 22.7 Å². The number of hydrogen-bond donors (Lipinski definition) is 1. The molecular weight excluding hydrogens is 490 g/mol. The number of carbonyl (C=O) groups excluding carboxylic acids is 2. The molecular formula is C25H34ClN3O5S. The van der Waals surface area contributed by atoms with Gasteiger partial charge in [0.15, 0.2) is 0 Å². The first-order valence-corrected chi connectivity index (χ1v) is 13.7. The summed E-state index contributed by atoms with van der Waals surface area (Å²) in [6, 6.07) is 12.7. The van der Waals surface area contributed by atoms with Gasteiger partial charge in [-0.05, 0) is 49.6 Å². The second-order valence-corrected chi connectivity index (χ2v) is 10.7. The van der Waals surface area contributed by atoms with Gasteiger partial charge >= 0.3 is 0 Å². The van der Waals surface area contributed by atoms with Gasteiger partial charge in [0.2, 0.25) is 21.8 Å². The number of sulfonamides is 1. The van der Waals surface area contributed by atoms with Gasteiger partial charge in [-0.3, -0.25) is 13.9 Å². The van der Waals surface area contributed by atoms with Crippen molar-refractivity contribution in [2.24, 2.45) is 0 Å². The van der Waals surface area contributed by atoms with Crippen LogP contribution in [-0.2, 0) is 26.2 Å². The molecule has 0 fully saturated rings. The molecule has 0 radical (unpaired) electrons. The molecule has 0 unspecified atom stereocenters. The van der Waals surface area contributed by atoms with Crippen LogP contribution in [0.15, 0.2) is 48.5 Å². The maximum absolute atomic E-state index is 13.7. The van der Waals surface area contributed by atoms with Crippen LogP contribution in [0.25, 0.3) is 0 Å². The largest absolute Gasteiger partial charge is 0.497 e. The van der Waals surface area contributed by atoms with Gasteiger partial charge in [0.25, 0.3) is 0 Å². The zero-order valence-electron chi connectivity index (χ0n) is 20.8. The summed E-state index contributed by atoms with van der Waals surface area (Å²) < 4.78 is 31.5. The Hall–Kier alpha value is -2.78. The predicted molar refractivity (Wildman–Crippen MR) is 139 cm³/mol. The fraction of sp³-hybridized carbons (Fsp3) is 0.440. The number of ether oxygens (including phenoxy) is 1.